The van der Waals surface area contributed by atoms with Crippen molar-refractivity contribution in [3.63, 3.8) is 0 Å². The second-order valence-corrected chi connectivity index (χ2v) is 21.3. The molecule has 0 saturated heterocycles. The summed E-state index contributed by atoms with van der Waals surface area (Å²) in [6.07, 6.45) is 12.7. The number of imidazole rings is 2. The Morgan fingerprint density at radius 2 is 1.20 bits per heavy atom. The molecule has 4 aliphatic carbocycles. The lowest BCUT2D eigenvalue weighted by molar-refractivity contribution is 0.185. The maximum atomic E-state index is 13.1. The van der Waals surface area contributed by atoms with Crippen LogP contribution in [-0.2, 0) is 0 Å². The molecule has 0 unspecified atom stereocenters. The number of nitrogens with zero attached hydrogens (tertiary/aromatic N) is 11. The van der Waals surface area contributed by atoms with Crippen molar-refractivity contribution in [2.45, 2.75) is 134 Å². The van der Waals surface area contributed by atoms with Gasteiger partial charge in [0.25, 0.3) is 0 Å². The predicted molar refractivity (Wildman–Crippen MR) is 274 cm³/mol. The van der Waals surface area contributed by atoms with E-state index in [0.717, 1.165) is 84.4 Å². The third-order valence-electron chi connectivity index (χ3n) is 12.5. The number of fused-ring (bicyclic) bond motifs is 4. The third kappa shape index (κ3) is 10.2. The average Bonchev–Trinajstić information content (AvgIpc) is 4.15. The molecule has 3 N–H and O–H groups in total. The van der Waals surface area contributed by atoms with Crippen LogP contribution in [0.3, 0.4) is 0 Å². The SMILES string of the molecule is CCN(C(C)C)C(C)C.Cl.Clc1nc2ccccc2s1.NC1CC(n2c(=O)n(C3CC3)c3nccnc32)C1.O=c1n(C2CC(Nc3nc4ccccc4s3)C2)c2ncc(Br)nc2n1C1CC1. The summed E-state index contributed by atoms with van der Waals surface area (Å²) in [6, 6.07) is 18.9. The third-order valence-corrected chi connectivity index (χ3v) is 15.0. The van der Waals surface area contributed by atoms with E-state index in [-0.39, 0.29) is 48.0 Å². The van der Waals surface area contributed by atoms with E-state index in [9.17, 15) is 9.59 Å². The Balaban J connectivity index is 0.000000133. The lowest BCUT2D eigenvalue weighted by atomic mass is 9.86. The quantitative estimate of drug-likeness (QED) is 0.141. The van der Waals surface area contributed by atoms with Gasteiger partial charge in [-0.2, -0.15) is 0 Å². The molecular weight excluding hydrogens is 982 g/mol. The molecule has 6 aromatic heterocycles. The van der Waals surface area contributed by atoms with Crippen LogP contribution in [-0.4, -0.2) is 83.8 Å². The zero-order valence-corrected chi connectivity index (χ0v) is 42.4. The molecule has 12 rings (SSSR count). The topological polar surface area (TPSA) is 172 Å². The molecule has 4 saturated carbocycles. The highest BCUT2D eigenvalue weighted by Crippen LogP contribution is 2.41. The van der Waals surface area contributed by atoms with Crippen molar-refractivity contribution in [3.05, 3.63) is 97.2 Å². The first-order valence-corrected chi connectivity index (χ1v) is 25.4. The summed E-state index contributed by atoms with van der Waals surface area (Å²) in [5.74, 6) is 0. The minimum atomic E-state index is 0. The summed E-state index contributed by atoms with van der Waals surface area (Å²) < 4.78 is 10.9. The van der Waals surface area contributed by atoms with Crippen LogP contribution in [0, 0.1) is 0 Å². The van der Waals surface area contributed by atoms with E-state index in [2.05, 4.69) is 96.7 Å². The van der Waals surface area contributed by atoms with Gasteiger partial charge >= 0.3 is 11.4 Å². The van der Waals surface area contributed by atoms with E-state index in [0.29, 0.717) is 50.2 Å². The van der Waals surface area contributed by atoms with Gasteiger partial charge in [0.2, 0.25) is 0 Å². The fraction of sp³-hybridized carbons (Fsp3) is 0.478. The van der Waals surface area contributed by atoms with E-state index < -0.39 is 0 Å². The van der Waals surface area contributed by atoms with Crippen molar-refractivity contribution in [1.29, 1.82) is 0 Å². The standard InChI is InChI=1S/C19H17BrN6OS.C12H15N5O.C8H19N.C7H4ClNS.ClH/c20-15-9-21-16-17(24-15)25(11-5-6-11)19(27)26(16)12-7-10(8-12)22-18-23-13-3-1-2-4-14(13)28-18;13-7-5-9(6-7)17-11-10(14-3-4-15-11)16(12(17)18)8-1-2-8;1-6-9(7(2)3)8(4)5;8-7-9-5-3-1-2-4-6(5)10-7;/h1-4,9-12H,5-8H2,(H,22,23);3-4,7-9H,1-2,5-6,13H2;7-8H,6H2,1-5H3;1-4H;1H. The van der Waals surface area contributed by atoms with Crippen molar-refractivity contribution in [2.24, 2.45) is 5.73 Å². The zero-order valence-electron chi connectivity index (χ0n) is 37.6. The number of rotatable bonds is 9. The van der Waals surface area contributed by atoms with Gasteiger partial charge in [0.15, 0.2) is 32.2 Å². The van der Waals surface area contributed by atoms with Gasteiger partial charge in [0.05, 0.1) is 26.6 Å². The molecule has 15 nitrogen and oxygen atoms in total. The Hall–Kier alpha value is -4.30. The Bertz CT molecular complexity index is 2980. The fourth-order valence-corrected chi connectivity index (χ4v) is 11.2. The van der Waals surface area contributed by atoms with Crippen molar-refractivity contribution < 1.29 is 0 Å². The first-order chi connectivity index (χ1) is 31.4. The van der Waals surface area contributed by atoms with Crippen molar-refractivity contribution in [3.8, 4) is 0 Å². The van der Waals surface area contributed by atoms with E-state index in [1.54, 1.807) is 34.5 Å². The maximum Gasteiger partial charge on any atom is 0.332 e. The van der Waals surface area contributed by atoms with Crippen molar-refractivity contribution in [1.82, 2.24) is 53.1 Å². The van der Waals surface area contributed by atoms with Crippen LogP contribution in [0.4, 0.5) is 5.13 Å². The number of aromatic nitrogens is 10. The number of hydrogen-bond donors (Lipinski definition) is 2. The molecule has 66 heavy (non-hydrogen) atoms. The lowest BCUT2D eigenvalue weighted by Gasteiger charge is -2.36. The second kappa shape index (κ2) is 20.5. The normalized spacial score (nSPS) is 20.0. The van der Waals surface area contributed by atoms with Crippen LogP contribution < -0.4 is 22.4 Å². The van der Waals surface area contributed by atoms with Gasteiger partial charge in [0, 0.05) is 60.7 Å². The van der Waals surface area contributed by atoms with Gasteiger partial charge in [-0.15, -0.1) is 23.7 Å². The molecular formula is C46H56BrCl2N13O2S2. The highest BCUT2D eigenvalue weighted by molar-refractivity contribution is 9.10. The van der Waals surface area contributed by atoms with E-state index in [1.807, 2.05) is 56.2 Å². The van der Waals surface area contributed by atoms with Crippen LogP contribution in [0.5, 0.6) is 0 Å². The number of anilines is 1. The van der Waals surface area contributed by atoms with Gasteiger partial charge < -0.3 is 11.1 Å². The molecule has 4 fully saturated rings. The summed E-state index contributed by atoms with van der Waals surface area (Å²) >= 11 is 12.3. The summed E-state index contributed by atoms with van der Waals surface area (Å²) in [6.45, 7) is 12.3. The lowest BCUT2D eigenvalue weighted by Crippen LogP contribution is -2.41. The molecule has 350 valence electrons. The van der Waals surface area contributed by atoms with Crippen LogP contribution >= 0.6 is 62.6 Å². The fourth-order valence-electron chi connectivity index (χ4n) is 8.96. The summed E-state index contributed by atoms with van der Waals surface area (Å²) in [5, 5.41) is 4.47. The molecule has 20 heteroatoms. The Morgan fingerprint density at radius 3 is 1.68 bits per heavy atom. The number of nitrogens with two attached hydrogens (primary N) is 1. The maximum absolute atomic E-state index is 13.1. The number of para-hydroxylation sites is 2. The molecule has 2 aromatic carbocycles. The van der Waals surface area contributed by atoms with Gasteiger partial charge in [-0.25, -0.2) is 39.5 Å². The first-order valence-electron chi connectivity index (χ1n) is 22.6. The highest BCUT2D eigenvalue weighted by atomic mass is 79.9. The highest BCUT2D eigenvalue weighted by Gasteiger charge is 2.38. The van der Waals surface area contributed by atoms with Crippen molar-refractivity contribution >= 4 is 111 Å². The summed E-state index contributed by atoms with van der Waals surface area (Å²) in [5.41, 5.74) is 10.7. The number of halogens is 3. The Labute approximate surface area is 410 Å². The Morgan fingerprint density at radius 1 is 0.712 bits per heavy atom. The number of hydrogen-bond acceptors (Lipinski definition) is 13. The Kier molecular flexibility index (Phi) is 15.0. The van der Waals surface area contributed by atoms with E-state index >= 15 is 0 Å². The predicted octanol–water partition coefficient (Wildman–Crippen LogP) is 10.2. The monoisotopic (exact) mass is 1040 g/mol. The molecule has 0 radical (unpaired) electrons. The molecule has 6 heterocycles. The van der Waals surface area contributed by atoms with E-state index in [4.69, 9.17) is 17.3 Å². The molecule has 4 aliphatic rings. The zero-order chi connectivity index (χ0) is 45.5. The largest absolute Gasteiger partial charge is 0.359 e. The summed E-state index contributed by atoms with van der Waals surface area (Å²) in [4.78, 5) is 54.6. The second-order valence-electron chi connectivity index (χ2n) is 17.8. The van der Waals surface area contributed by atoms with Crippen LogP contribution in [0.1, 0.15) is 110 Å². The molecule has 0 amide bonds. The van der Waals surface area contributed by atoms with Gasteiger partial charge in [0.1, 0.15) is 4.60 Å². The number of benzene rings is 2. The minimum Gasteiger partial charge on any atom is -0.359 e. The minimum absolute atomic E-state index is 0. The van der Waals surface area contributed by atoms with Crippen LogP contribution in [0.15, 0.2) is 81.3 Å². The van der Waals surface area contributed by atoms with Crippen LogP contribution in [0.2, 0.25) is 4.47 Å². The number of thiazole rings is 2. The average molecular weight is 1040 g/mol. The van der Waals surface area contributed by atoms with Gasteiger partial charge in [-0.1, -0.05) is 54.1 Å². The molecule has 0 spiro atoms. The van der Waals surface area contributed by atoms with Gasteiger partial charge in [-0.3, -0.25) is 23.2 Å². The van der Waals surface area contributed by atoms with Crippen LogP contribution in [0.25, 0.3) is 43.0 Å². The van der Waals surface area contributed by atoms with Crippen molar-refractivity contribution in [2.75, 3.05) is 11.9 Å². The van der Waals surface area contributed by atoms with Gasteiger partial charge in [-0.05, 0) is 126 Å². The van der Waals surface area contributed by atoms with E-state index in [1.165, 1.54) is 16.0 Å². The molecule has 0 bridgehead atoms. The summed E-state index contributed by atoms with van der Waals surface area (Å²) in [7, 11) is 0. The molecule has 8 aromatic rings. The molecule has 0 atom stereocenters. The molecule has 0 aliphatic heterocycles. The smallest absolute Gasteiger partial charge is 0.332 e. The number of nitrogens with one attached hydrogen (secondary N) is 1. The first kappa shape index (κ1) is 48.2.